The van der Waals surface area contributed by atoms with E-state index in [0.29, 0.717) is 4.60 Å². The van der Waals surface area contributed by atoms with E-state index in [0.717, 1.165) is 18.3 Å². The van der Waals surface area contributed by atoms with Crippen molar-refractivity contribution in [3.63, 3.8) is 0 Å². The van der Waals surface area contributed by atoms with Crippen LogP contribution in [-0.4, -0.2) is 15.9 Å². The number of hydrogen-bond acceptors (Lipinski definition) is 3. The lowest BCUT2D eigenvalue weighted by Crippen LogP contribution is -2.15. The normalized spacial score (nSPS) is 11.2. The van der Waals surface area contributed by atoms with Crippen LogP contribution in [0.25, 0.3) is 0 Å². The number of rotatable bonds is 2. The van der Waals surface area contributed by atoms with Gasteiger partial charge >= 0.3 is 6.18 Å². The SMILES string of the molecule is O=C(Nc1cccc(Br)n1)c1ccc(C(F)(F)F)nc1. The molecule has 0 aliphatic heterocycles. The molecule has 0 unspecified atom stereocenters. The minimum atomic E-state index is -4.53. The van der Waals surface area contributed by atoms with Crippen LogP contribution < -0.4 is 5.32 Å². The summed E-state index contributed by atoms with van der Waals surface area (Å²) in [6.45, 7) is 0. The first-order chi connectivity index (χ1) is 9.36. The maximum atomic E-state index is 12.3. The summed E-state index contributed by atoms with van der Waals surface area (Å²) < 4.78 is 37.5. The highest BCUT2D eigenvalue weighted by atomic mass is 79.9. The lowest BCUT2D eigenvalue weighted by Gasteiger charge is -2.07. The van der Waals surface area contributed by atoms with Gasteiger partial charge in [0.25, 0.3) is 5.91 Å². The fraction of sp³-hybridized carbons (Fsp3) is 0.0833. The zero-order valence-corrected chi connectivity index (χ0v) is 11.4. The predicted octanol–water partition coefficient (Wildman–Crippen LogP) is 3.51. The number of hydrogen-bond donors (Lipinski definition) is 1. The maximum Gasteiger partial charge on any atom is 0.433 e. The lowest BCUT2D eigenvalue weighted by molar-refractivity contribution is -0.141. The van der Waals surface area contributed by atoms with Crippen molar-refractivity contribution in [1.82, 2.24) is 9.97 Å². The Bertz CT molecular complexity index is 629. The van der Waals surface area contributed by atoms with Crippen molar-refractivity contribution in [3.05, 3.63) is 52.4 Å². The van der Waals surface area contributed by atoms with E-state index < -0.39 is 17.8 Å². The number of amides is 1. The van der Waals surface area contributed by atoms with Crippen LogP contribution in [-0.2, 0) is 6.18 Å². The summed E-state index contributed by atoms with van der Waals surface area (Å²) in [5.74, 6) is -0.305. The smallest absolute Gasteiger partial charge is 0.306 e. The van der Waals surface area contributed by atoms with Crippen molar-refractivity contribution >= 4 is 27.7 Å². The molecule has 0 aromatic carbocycles. The molecular formula is C12H7BrF3N3O. The molecule has 0 atom stereocenters. The summed E-state index contributed by atoms with van der Waals surface area (Å²) >= 11 is 3.14. The molecule has 0 bridgehead atoms. The topological polar surface area (TPSA) is 54.9 Å². The van der Waals surface area contributed by atoms with E-state index >= 15 is 0 Å². The van der Waals surface area contributed by atoms with Crippen LogP contribution in [0.4, 0.5) is 19.0 Å². The van der Waals surface area contributed by atoms with Crippen LogP contribution in [0.15, 0.2) is 41.1 Å². The van der Waals surface area contributed by atoms with Gasteiger partial charge in [-0.15, -0.1) is 0 Å². The lowest BCUT2D eigenvalue weighted by atomic mass is 10.2. The number of pyridine rings is 2. The third-order valence-corrected chi connectivity index (χ3v) is 2.71. The second-order valence-electron chi connectivity index (χ2n) is 3.73. The summed E-state index contributed by atoms with van der Waals surface area (Å²) in [7, 11) is 0. The molecule has 0 fully saturated rings. The van der Waals surface area contributed by atoms with E-state index in [1.807, 2.05) is 0 Å². The average molecular weight is 346 g/mol. The van der Waals surface area contributed by atoms with Gasteiger partial charge in [0.05, 0.1) is 5.56 Å². The van der Waals surface area contributed by atoms with Gasteiger partial charge in [0.2, 0.25) is 0 Å². The summed E-state index contributed by atoms with van der Waals surface area (Å²) in [6.07, 6.45) is -3.66. The van der Waals surface area contributed by atoms with Gasteiger partial charge in [-0.1, -0.05) is 6.07 Å². The molecule has 0 radical (unpaired) electrons. The highest BCUT2D eigenvalue weighted by molar-refractivity contribution is 9.10. The highest BCUT2D eigenvalue weighted by Crippen LogP contribution is 2.27. The van der Waals surface area contributed by atoms with Crippen LogP contribution in [0.5, 0.6) is 0 Å². The van der Waals surface area contributed by atoms with Crippen LogP contribution in [0.2, 0.25) is 0 Å². The molecule has 0 aliphatic carbocycles. The van der Waals surface area contributed by atoms with Gasteiger partial charge in [-0.25, -0.2) is 4.98 Å². The molecule has 2 aromatic heterocycles. The molecule has 0 aliphatic rings. The molecule has 1 amide bonds. The number of nitrogens with zero attached hydrogens (tertiary/aromatic N) is 2. The Balaban J connectivity index is 2.14. The monoisotopic (exact) mass is 345 g/mol. The average Bonchev–Trinajstić information content (AvgIpc) is 2.38. The predicted molar refractivity (Wildman–Crippen MR) is 69.1 cm³/mol. The summed E-state index contributed by atoms with van der Waals surface area (Å²) in [5.41, 5.74) is -1.03. The quantitative estimate of drug-likeness (QED) is 0.847. The number of anilines is 1. The summed E-state index contributed by atoms with van der Waals surface area (Å²) in [5, 5.41) is 2.46. The Hall–Kier alpha value is -1.96. The van der Waals surface area contributed by atoms with Gasteiger partial charge in [-0.2, -0.15) is 13.2 Å². The van der Waals surface area contributed by atoms with Crippen molar-refractivity contribution in [2.75, 3.05) is 5.32 Å². The second kappa shape index (κ2) is 5.58. The molecule has 104 valence electrons. The van der Waals surface area contributed by atoms with Gasteiger partial charge in [0, 0.05) is 6.20 Å². The zero-order chi connectivity index (χ0) is 14.8. The van der Waals surface area contributed by atoms with E-state index in [-0.39, 0.29) is 11.4 Å². The van der Waals surface area contributed by atoms with Crippen LogP contribution in [0.1, 0.15) is 16.1 Å². The van der Waals surface area contributed by atoms with Crippen molar-refractivity contribution in [2.45, 2.75) is 6.18 Å². The van der Waals surface area contributed by atoms with Gasteiger partial charge < -0.3 is 5.32 Å². The minimum absolute atomic E-state index is 0.0137. The molecule has 2 aromatic rings. The van der Waals surface area contributed by atoms with Crippen LogP contribution in [0.3, 0.4) is 0 Å². The van der Waals surface area contributed by atoms with Crippen molar-refractivity contribution < 1.29 is 18.0 Å². The molecule has 8 heteroatoms. The third-order valence-electron chi connectivity index (χ3n) is 2.27. The van der Waals surface area contributed by atoms with Gasteiger partial charge in [-0.3, -0.25) is 9.78 Å². The van der Waals surface area contributed by atoms with E-state index in [1.165, 1.54) is 0 Å². The largest absolute Gasteiger partial charge is 0.433 e. The Morgan fingerprint density at radius 2 is 1.95 bits per heavy atom. The fourth-order valence-corrected chi connectivity index (χ4v) is 1.71. The molecule has 4 nitrogen and oxygen atoms in total. The van der Waals surface area contributed by atoms with E-state index in [9.17, 15) is 18.0 Å². The summed E-state index contributed by atoms with van der Waals surface area (Å²) in [6, 6.07) is 6.71. The first-order valence-electron chi connectivity index (χ1n) is 5.33. The van der Waals surface area contributed by atoms with Crippen LogP contribution >= 0.6 is 15.9 Å². The molecule has 0 spiro atoms. The Morgan fingerprint density at radius 3 is 2.50 bits per heavy atom. The Kier molecular flexibility index (Phi) is 4.03. The third kappa shape index (κ3) is 3.53. The van der Waals surface area contributed by atoms with Gasteiger partial charge in [0.15, 0.2) is 0 Å². The van der Waals surface area contributed by atoms with E-state index in [4.69, 9.17) is 0 Å². The van der Waals surface area contributed by atoms with Crippen molar-refractivity contribution in [3.8, 4) is 0 Å². The number of aromatic nitrogens is 2. The Labute approximate surface area is 120 Å². The molecule has 2 rings (SSSR count). The number of nitrogens with one attached hydrogen (secondary N) is 1. The summed E-state index contributed by atoms with van der Waals surface area (Å²) in [4.78, 5) is 19.0. The molecule has 0 saturated heterocycles. The maximum absolute atomic E-state index is 12.3. The fourth-order valence-electron chi connectivity index (χ4n) is 1.36. The molecule has 20 heavy (non-hydrogen) atoms. The number of halogens is 4. The van der Waals surface area contributed by atoms with E-state index in [1.54, 1.807) is 18.2 Å². The molecule has 0 saturated carbocycles. The van der Waals surface area contributed by atoms with Gasteiger partial charge in [-0.05, 0) is 40.2 Å². The van der Waals surface area contributed by atoms with E-state index in [2.05, 4.69) is 31.2 Å². The van der Waals surface area contributed by atoms with Crippen molar-refractivity contribution in [2.24, 2.45) is 0 Å². The van der Waals surface area contributed by atoms with Gasteiger partial charge in [0.1, 0.15) is 16.1 Å². The first-order valence-corrected chi connectivity index (χ1v) is 6.13. The molecular weight excluding hydrogens is 339 g/mol. The van der Waals surface area contributed by atoms with Crippen molar-refractivity contribution in [1.29, 1.82) is 0 Å². The van der Waals surface area contributed by atoms with Crippen LogP contribution in [0, 0.1) is 0 Å². The zero-order valence-electron chi connectivity index (χ0n) is 9.78. The standard InChI is InChI=1S/C12H7BrF3N3O/c13-9-2-1-3-10(18-9)19-11(20)7-4-5-8(17-6-7)12(14,15)16/h1-6H,(H,18,19,20). The first kappa shape index (κ1) is 14.4. The number of alkyl halides is 3. The molecule has 2 heterocycles. The highest BCUT2D eigenvalue weighted by Gasteiger charge is 2.32. The number of carbonyl (C=O) groups is 1. The second-order valence-corrected chi connectivity index (χ2v) is 4.54. The number of carbonyl (C=O) groups excluding carboxylic acids is 1. The Morgan fingerprint density at radius 1 is 1.20 bits per heavy atom. The molecule has 1 N–H and O–H groups in total. The minimum Gasteiger partial charge on any atom is -0.306 e.